The molecule has 2 aromatic rings. The van der Waals surface area contributed by atoms with Gasteiger partial charge in [-0.05, 0) is 73.7 Å². The number of hydrogen-bond donors (Lipinski definition) is 2. The Balaban J connectivity index is 1.65. The molecule has 0 bridgehead atoms. The first-order chi connectivity index (χ1) is 15.7. The lowest BCUT2D eigenvalue weighted by molar-refractivity contribution is -0.124. The predicted octanol–water partition coefficient (Wildman–Crippen LogP) is 3.26. The molecule has 0 spiro atoms. The standard InChI is InChI=1S/C24H31N3O5S/c1-17(2)14-15-25-23(28)22-5-4-16-27(22)24(29)18-6-8-19(9-7-18)26-33(30,31)21-12-10-20(32-3)11-13-21/h6-13,17,22,26H,4-5,14-16H2,1-3H3,(H,25,28)/t22-/m0/s1. The molecular formula is C24H31N3O5S. The zero-order valence-corrected chi connectivity index (χ0v) is 20.0. The van der Waals surface area contributed by atoms with Gasteiger partial charge in [0, 0.05) is 24.3 Å². The molecule has 2 amide bonds. The summed E-state index contributed by atoms with van der Waals surface area (Å²) in [5, 5.41) is 2.93. The van der Waals surface area contributed by atoms with Crippen molar-refractivity contribution in [2.75, 3.05) is 24.9 Å². The van der Waals surface area contributed by atoms with Crippen molar-refractivity contribution in [1.29, 1.82) is 0 Å². The number of amides is 2. The number of carbonyl (C=O) groups is 2. The van der Waals surface area contributed by atoms with Crippen molar-refractivity contribution in [3.8, 4) is 5.75 Å². The number of sulfonamides is 1. The van der Waals surface area contributed by atoms with E-state index in [0.717, 1.165) is 12.8 Å². The Morgan fingerprint density at radius 3 is 2.36 bits per heavy atom. The summed E-state index contributed by atoms with van der Waals surface area (Å²) in [6, 6.07) is 11.8. The average Bonchev–Trinajstić information content (AvgIpc) is 3.29. The largest absolute Gasteiger partial charge is 0.497 e. The van der Waals surface area contributed by atoms with Crippen molar-refractivity contribution < 1.29 is 22.7 Å². The number of hydrogen-bond acceptors (Lipinski definition) is 5. The highest BCUT2D eigenvalue weighted by molar-refractivity contribution is 7.92. The van der Waals surface area contributed by atoms with Gasteiger partial charge in [0.15, 0.2) is 0 Å². The maximum Gasteiger partial charge on any atom is 0.261 e. The summed E-state index contributed by atoms with van der Waals surface area (Å²) in [7, 11) is -2.27. The Bertz CT molecular complexity index is 1070. The molecule has 2 aromatic carbocycles. The number of nitrogens with one attached hydrogen (secondary N) is 2. The van der Waals surface area contributed by atoms with Gasteiger partial charge in [0.2, 0.25) is 5.91 Å². The van der Waals surface area contributed by atoms with E-state index in [-0.39, 0.29) is 16.7 Å². The highest BCUT2D eigenvalue weighted by Gasteiger charge is 2.34. The SMILES string of the molecule is COc1ccc(S(=O)(=O)Nc2ccc(C(=O)N3CCC[C@H]3C(=O)NCCC(C)C)cc2)cc1. The second kappa shape index (κ2) is 10.7. The molecule has 2 N–H and O–H groups in total. The van der Waals surface area contributed by atoms with E-state index in [9.17, 15) is 18.0 Å². The number of nitrogens with zero attached hydrogens (tertiary/aromatic N) is 1. The smallest absolute Gasteiger partial charge is 0.261 e. The van der Waals surface area contributed by atoms with Crippen molar-refractivity contribution >= 4 is 27.5 Å². The summed E-state index contributed by atoms with van der Waals surface area (Å²) in [5.74, 6) is 0.698. The van der Waals surface area contributed by atoms with Crippen molar-refractivity contribution in [3.05, 3.63) is 54.1 Å². The number of likely N-dealkylation sites (tertiary alicyclic amines) is 1. The van der Waals surface area contributed by atoms with Crippen LogP contribution in [0.5, 0.6) is 5.75 Å². The van der Waals surface area contributed by atoms with Crippen molar-refractivity contribution in [2.45, 2.75) is 44.0 Å². The topological polar surface area (TPSA) is 105 Å². The average molecular weight is 474 g/mol. The fourth-order valence-electron chi connectivity index (χ4n) is 3.70. The van der Waals surface area contributed by atoms with E-state index in [4.69, 9.17) is 4.74 Å². The van der Waals surface area contributed by atoms with Gasteiger partial charge in [0.25, 0.3) is 15.9 Å². The van der Waals surface area contributed by atoms with Crippen LogP contribution in [0.1, 0.15) is 43.5 Å². The first-order valence-corrected chi connectivity index (χ1v) is 12.5. The van der Waals surface area contributed by atoms with E-state index in [1.54, 1.807) is 41.3 Å². The second-order valence-corrected chi connectivity index (χ2v) is 10.2. The minimum Gasteiger partial charge on any atom is -0.497 e. The van der Waals surface area contributed by atoms with Gasteiger partial charge in [-0.15, -0.1) is 0 Å². The Hall–Kier alpha value is -3.07. The Morgan fingerprint density at radius 2 is 1.76 bits per heavy atom. The van der Waals surface area contributed by atoms with Crippen LogP contribution in [-0.2, 0) is 14.8 Å². The third-order valence-electron chi connectivity index (χ3n) is 5.59. The van der Waals surface area contributed by atoms with Crippen molar-refractivity contribution in [3.63, 3.8) is 0 Å². The van der Waals surface area contributed by atoms with Crippen LogP contribution in [-0.4, -0.2) is 51.4 Å². The summed E-state index contributed by atoms with van der Waals surface area (Å²) < 4.78 is 32.8. The maximum atomic E-state index is 13.0. The van der Waals surface area contributed by atoms with E-state index in [0.29, 0.717) is 42.4 Å². The third kappa shape index (κ3) is 6.25. The molecule has 1 aliphatic rings. The number of anilines is 1. The molecule has 9 heteroatoms. The van der Waals surface area contributed by atoms with Crippen LogP contribution in [0.3, 0.4) is 0 Å². The summed E-state index contributed by atoms with van der Waals surface area (Å²) in [4.78, 5) is 27.3. The van der Waals surface area contributed by atoms with Gasteiger partial charge >= 0.3 is 0 Å². The Morgan fingerprint density at radius 1 is 1.09 bits per heavy atom. The monoisotopic (exact) mass is 473 g/mol. The van der Waals surface area contributed by atoms with Crippen LogP contribution < -0.4 is 14.8 Å². The molecule has 178 valence electrons. The zero-order chi connectivity index (χ0) is 24.0. The Kier molecular flexibility index (Phi) is 7.97. The van der Waals surface area contributed by atoms with Gasteiger partial charge in [0.05, 0.1) is 12.0 Å². The molecule has 0 unspecified atom stereocenters. The molecule has 0 aliphatic carbocycles. The number of methoxy groups -OCH3 is 1. The molecule has 1 heterocycles. The molecule has 0 radical (unpaired) electrons. The number of ether oxygens (including phenoxy) is 1. The summed E-state index contributed by atoms with van der Waals surface area (Å²) >= 11 is 0. The molecule has 0 saturated carbocycles. The highest BCUT2D eigenvalue weighted by atomic mass is 32.2. The summed E-state index contributed by atoms with van der Waals surface area (Å²) in [6.07, 6.45) is 2.30. The number of rotatable bonds is 9. The van der Waals surface area contributed by atoms with E-state index in [1.807, 2.05) is 0 Å². The maximum absolute atomic E-state index is 13.0. The first kappa shape index (κ1) is 24.6. The summed E-state index contributed by atoms with van der Waals surface area (Å²) in [6.45, 7) is 5.31. The lowest BCUT2D eigenvalue weighted by atomic mass is 10.1. The molecule has 8 nitrogen and oxygen atoms in total. The van der Waals surface area contributed by atoms with E-state index >= 15 is 0 Å². The Labute approximate surface area is 195 Å². The van der Waals surface area contributed by atoms with Crippen LogP contribution in [0.15, 0.2) is 53.4 Å². The van der Waals surface area contributed by atoms with E-state index in [2.05, 4.69) is 23.9 Å². The molecule has 3 rings (SSSR count). The molecule has 33 heavy (non-hydrogen) atoms. The lowest BCUT2D eigenvalue weighted by Gasteiger charge is -2.24. The highest BCUT2D eigenvalue weighted by Crippen LogP contribution is 2.23. The minimum atomic E-state index is -3.78. The van der Waals surface area contributed by atoms with Crippen LogP contribution in [0.25, 0.3) is 0 Å². The second-order valence-electron chi connectivity index (χ2n) is 8.49. The van der Waals surface area contributed by atoms with Crippen LogP contribution in [0.2, 0.25) is 0 Å². The van der Waals surface area contributed by atoms with Gasteiger partial charge in [-0.3, -0.25) is 14.3 Å². The van der Waals surface area contributed by atoms with E-state index in [1.165, 1.54) is 19.2 Å². The van der Waals surface area contributed by atoms with Crippen LogP contribution >= 0.6 is 0 Å². The third-order valence-corrected chi connectivity index (χ3v) is 6.99. The lowest BCUT2D eigenvalue weighted by Crippen LogP contribution is -2.46. The molecule has 0 aromatic heterocycles. The fourth-order valence-corrected chi connectivity index (χ4v) is 4.76. The molecule has 1 saturated heterocycles. The van der Waals surface area contributed by atoms with Crippen LogP contribution in [0, 0.1) is 5.92 Å². The van der Waals surface area contributed by atoms with Gasteiger partial charge < -0.3 is 15.0 Å². The normalized spacial score (nSPS) is 16.0. The molecule has 1 atom stereocenters. The van der Waals surface area contributed by atoms with Gasteiger partial charge in [-0.25, -0.2) is 8.42 Å². The van der Waals surface area contributed by atoms with Gasteiger partial charge in [-0.2, -0.15) is 0 Å². The zero-order valence-electron chi connectivity index (χ0n) is 19.2. The summed E-state index contributed by atoms with van der Waals surface area (Å²) in [5.41, 5.74) is 0.746. The van der Waals surface area contributed by atoms with Crippen molar-refractivity contribution in [2.24, 2.45) is 5.92 Å². The van der Waals surface area contributed by atoms with E-state index < -0.39 is 16.1 Å². The predicted molar refractivity (Wildman–Crippen MR) is 127 cm³/mol. The first-order valence-electron chi connectivity index (χ1n) is 11.1. The quantitative estimate of drug-likeness (QED) is 0.582. The van der Waals surface area contributed by atoms with Gasteiger partial charge in [0.1, 0.15) is 11.8 Å². The molecular weight excluding hydrogens is 442 g/mol. The fraction of sp³-hybridized carbons (Fsp3) is 0.417. The number of benzene rings is 2. The minimum absolute atomic E-state index is 0.104. The molecule has 1 fully saturated rings. The van der Waals surface area contributed by atoms with Crippen LogP contribution in [0.4, 0.5) is 5.69 Å². The number of carbonyl (C=O) groups excluding carboxylic acids is 2. The van der Waals surface area contributed by atoms with Gasteiger partial charge in [-0.1, -0.05) is 13.8 Å². The van der Waals surface area contributed by atoms with Crippen molar-refractivity contribution in [1.82, 2.24) is 10.2 Å². The molecule has 1 aliphatic heterocycles.